The van der Waals surface area contributed by atoms with Crippen LogP contribution in [0.3, 0.4) is 0 Å². The summed E-state index contributed by atoms with van der Waals surface area (Å²) in [4.78, 5) is 43.4. The fraction of sp³-hybridized carbons (Fsp3) is 0.591. The van der Waals surface area contributed by atoms with Crippen LogP contribution in [0.15, 0.2) is 24.3 Å². The summed E-state index contributed by atoms with van der Waals surface area (Å²) in [6, 6.07) is 4.93. The van der Waals surface area contributed by atoms with Gasteiger partial charge >= 0.3 is 0 Å². The van der Waals surface area contributed by atoms with Crippen LogP contribution in [-0.4, -0.2) is 59.7 Å². The summed E-state index contributed by atoms with van der Waals surface area (Å²) in [6.07, 6.45) is 3.72. The van der Waals surface area contributed by atoms with Gasteiger partial charge in [0, 0.05) is 19.0 Å². The molecule has 3 saturated heterocycles. The quantitative estimate of drug-likeness (QED) is 0.730. The first-order valence-corrected chi connectivity index (χ1v) is 10.6. The Morgan fingerprint density at radius 2 is 1.59 bits per heavy atom. The van der Waals surface area contributed by atoms with Crippen LogP contribution in [0, 0.1) is 17.7 Å². The van der Waals surface area contributed by atoms with E-state index in [1.165, 1.54) is 24.3 Å². The summed E-state index contributed by atoms with van der Waals surface area (Å²) in [5.74, 6) is 0.0391. The molecular formula is C22H28FN3O3. The number of likely N-dealkylation sites (tertiary alicyclic amines) is 2. The van der Waals surface area contributed by atoms with Crippen LogP contribution in [-0.2, 0) is 14.4 Å². The molecule has 6 nitrogen and oxygen atoms in total. The predicted molar refractivity (Wildman–Crippen MR) is 107 cm³/mol. The van der Waals surface area contributed by atoms with E-state index in [1.807, 2.05) is 9.80 Å². The largest absolute Gasteiger partial charge is 0.342 e. The summed E-state index contributed by atoms with van der Waals surface area (Å²) < 4.78 is 13.2. The van der Waals surface area contributed by atoms with Crippen LogP contribution >= 0.6 is 0 Å². The predicted octanol–water partition coefficient (Wildman–Crippen LogP) is 2.43. The van der Waals surface area contributed by atoms with Crippen LogP contribution in [0.2, 0.25) is 0 Å². The van der Waals surface area contributed by atoms with Gasteiger partial charge in [-0.25, -0.2) is 9.29 Å². The highest BCUT2D eigenvalue weighted by molar-refractivity contribution is 6.22. The Labute approximate surface area is 170 Å². The fourth-order valence-electron chi connectivity index (χ4n) is 4.71. The molecule has 3 fully saturated rings. The molecular weight excluding hydrogens is 373 g/mol. The first-order valence-electron chi connectivity index (χ1n) is 10.6. The second-order valence-corrected chi connectivity index (χ2v) is 8.58. The van der Waals surface area contributed by atoms with Gasteiger partial charge in [0.1, 0.15) is 5.82 Å². The number of piperidine rings is 2. The second kappa shape index (κ2) is 8.22. The zero-order valence-corrected chi connectivity index (χ0v) is 16.8. The van der Waals surface area contributed by atoms with Crippen molar-refractivity contribution in [1.82, 2.24) is 9.80 Å². The normalized spacial score (nSPS) is 25.1. The van der Waals surface area contributed by atoms with Crippen molar-refractivity contribution >= 4 is 23.4 Å². The summed E-state index contributed by atoms with van der Waals surface area (Å²) >= 11 is 0. The first-order chi connectivity index (χ1) is 13.9. The summed E-state index contributed by atoms with van der Waals surface area (Å²) in [5.41, 5.74) is 0.410. The third-order valence-corrected chi connectivity index (χ3v) is 6.62. The van der Waals surface area contributed by atoms with Gasteiger partial charge in [-0.05, 0) is 69.0 Å². The second-order valence-electron chi connectivity index (χ2n) is 8.58. The summed E-state index contributed by atoms with van der Waals surface area (Å²) in [6.45, 7) is 5.21. The molecule has 1 unspecified atom stereocenters. The van der Waals surface area contributed by atoms with E-state index in [9.17, 15) is 18.8 Å². The van der Waals surface area contributed by atoms with Crippen molar-refractivity contribution < 1.29 is 18.8 Å². The fourth-order valence-corrected chi connectivity index (χ4v) is 4.71. The Hall–Kier alpha value is -2.28. The number of halogens is 1. The lowest BCUT2D eigenvalue weighted by atomic mass is 9.92. The van der Waals surface area contributed by atoms with Crippen LogP contribution < -0.4 is 4.90 Å². The van der Waals surface area contributed by atoms with Crippen LogP contribution in [0.5, 0.6) is 0 Å². The van der Waals surface area contributed by atoms with E-state index in [-0.39, 0.29) is 30.1 Å². The molecule has 0 radical (unpaired) electrons. The van der Waals surface area contributed by atoms with Crippen molar-refractivity contribution in [2.24, 2.45) is 11.8 Å². The molecule has 7 heteroatoms. The van der Waals surface area contributed by atoms with Crippen LogP contribution in [0.25, 0.3) is 0 Å². The lowest BCUT2D eigenvalue weighted by molar-refractivity contribution is -0.138. The monoisotopic (exact) mass is 401 g/mol. The molecule has 0 spiro atoms. The van der Waals surface area contributed by atoms with E-state index >= 15 is 0 Å². The third kappa shape index (κ3) is 4.06. The Morgan fingerprint density at radius 1 is 0.966 bits per heavy atom. The Kier molecular flexibility index (Phi) is 5.67. The number of hydrogen-bond donors (Lipinski definition) is 0. The molecule has 0 bridgehead atoms. The zero-order chi connectivity index (χ0) is 20.5. The zero-order valence-electron chi connectivity index (χ0n) is 16.8. The molecule has 3 aliphatic heterocycles. The third-order valence-electron chi connectivity index (χ3n) is 6.62. The Morgan fingerprint density at radius 3 is 2.21 bits per heavy atom. The molecule has 1 aromatic carbocycles. The molecule has 4 rings (SSSR count). The average Bonchev–Trinajstić information content (AvgIpc) is 3.03. The minimum atomic E-state index is -0.487. The van der Waals surface area contributed by atoms with Gasteiger partial charge in [0.2, 0.25) is 11.8 Å². The molecule has 0 N–H and O–H groups in total. The van der Waals surface area contributed by atoms with Gasteiger partial charge in [0.05, 0.1) is 18.2 Å². The number of hydrogen-bond acceptors (Lipinski definition) is 4. The van der Waals surface area contributed by atoms with Gasteiger partial charge in [0.15, 0.2) is 0 Å². The molecule has 3 aliphatic rings. The first kappa shape index (κ1) is 20.0. The van der Waals surface area contributed by atoms with Crippen molar-refractivity contribution in [1.29, 1.82) is 0 Å². The van der Waals surface area contributed by atoms with Crippen molar-refractivity contribution in [3.63, 3.8) is 0 Å². The molecule has 156 valence electrons. The molecule has 3 heterocycles. The Bertz CT molecular complexity index is 781. The number of benzene rings is 1. The van der Waals surface area contributed by atoms with E-state index < -0.39 is 11.9 Å². The van der Waals surface area contributed by atoms with Crippen molar-refractivity contribution in [3.8, 4) is 0 Å². The number of carbonyl (C=O) groups excluding carboxylic acids is 3. The van der Waals surface area contributed by atoms with Gasteiger partial charge < -0.3 is 4.90 Å². The maximum absolute atomic E-state index is 13.2. The van der Waals surface area contributed by atoms with Crippen LogP contribution in [0.4, 0.5) is 10.1 Å². The summed E-state index contributed by atoms with van der Waals surface area (Å²) in [5, 5.41) is 0. The molecule has 0 aromatic heterocycles. The molecule has 29 heavy (non-hydrogen) atoms. The van der Waals surface area contributed by atoms with Gasteiger partial charge in [-0.1, -0.05) is 6.92 Å². The highest BCUT2D eigenvalue weighted by Gasteiger charge is 2.44. The maximum Gasteiger partial charge on any atom is 0.251 e. The van der Waals surface area contributed by atoms with E-state index in [1.54, 1.807) is 0 Å². The van der Waals surface area contributed by atoms with Gasteiger partial charge in [-0.15, -0.1) is 0 Å². The van der Waals surface area contributed by atoms with Crippen LogP contribution in [0.1, 0.15) is 39.0 Å². The minimum Gasteiger partial charge on any atom is -0.342 e. The lowest BCUT2D eigenvalue weighted by Gasteiger charge is -2.38. The van der Waals surface area contributed by atoms with E-state index in [4.69, 9.17) is 0 Å². The van der Waals surface area contributed by atoms with E-state index in [2.05, 4.69) is 6.92 Å². The molecule has 0 aliphatic carbocycles. The van der Waals surface area contributed by atoms with E-state index in [0.717, 1.165) is 43.7 Å². The molecule has 1 aromatic rings. The number of anilines is 1. The lowest BCUT2D eigenvalue weighted by Crippen LogP contribution is -2.49. The van der Waals surface area contributed by atoms with E-state index in [0.29, 0.717) is 24.7 Å². The topological polar surface area (TPSA) is 60.9 Å². The van der Waals surface area contributed by atoms with Crippen molar-refractivity contribution in [2.45, 2.75) is 45.1 Å². The maximum atomic E-state index is 13.2. The SMILES string of the molecule is CC1CCN(C(=O)C2CCN(C3CC(=O)N(c4ccc(F)cc4)C3=O)CC2)CC1. The number of imide groups is 1. The smallest absolute Gasteiger partial charge is 0.251 e. The van der Waals surface area contributed by atoms with Crippen molar-refractivity contribution in [2.75, 3.05) is 31.1 Å². The number of nitrogens with zero attached hydrogens (tertiary/aromatic N) is 3. The van der Waals surface area contributed by atoms with Gasteiger partial charge in [0.25, 0.3) is 5.91 Å². The van der Waals surface area contributed by atoms with Crippen molar-refractivity contribution in [3.05, 3.63) is 30.1 Å². The molecule has 3 amide bonds. The Balaban J connectivity index is 1.35. The standard InChI is InChI=1S/C22H28FN3O3/c1-15-6-10-25(11-7-15)21(28)16-8-12-24(13-9-16)19-14-20(27)26(22(19)29)18-4-2-17(23)3-5-18/h2-5,15-16,19H,6-14H2,1H3. The highest BCUT2D eigenvalue weighted by Crippen LogP contribution is 2.30. The molecule has 0 saturated carbocycles. The average molecular weight is 401 g/mol. The summed E-state index contributed by atoms with van der Waals surface area (Å²) in [7, 11) is 0. The molecule has 1 atom stereocenters. The number of amides is 3. The highest BCUT2D eigenvalue weighted by atomic mass is 19.1. The van der Waals surface area contributed by atoms with Gasteiger partial charge in [-0.3, -0.25) is 19.3 Å². The van der Waals surface area contributed by atoms with Gasteiger partial charge in [-0.2, -0.15) is 0 Å². The number of carbonyl (C=O) groups is 3. The number of rotatable bonds is 3. The minimum absolute atomic E-state index is 0.0139.